The minimum absolute atomic E-state index is 0.184. The Labute approximate surface area is 252 Å². The Morgan fingerprint density at radius 1 is 1.14 bits per heavy atom. The van der Waals surface area contributed by atoms with Gasteiger partial charge in [-0.05, 0) is 58.0 Å². The summed E-state index contributed by atoms with van der Waals surface area (Å²) in [6.07, 6.45) is 3.45. The van der Waals surface area contributed by atoms with E-state index in [4.69, 9.17) is 19.2 Å². The Balaban J connectivity index is 1.45. The molecule has 1 aromatic carbocycles. The van der Waals surface area contributed by atoms with Crippen LogP contribution < -0.4 is 10.6 Å². The minimum Gasteiger partial charge on any atom is -0.362 e. The van der Waals surface area contributed by atoms with Crippen molar-refractivity contribution in [3.05, 3.63) is 54.2 Å². The van der Waals surface area contributed by atoms with Gasteiger partial charge in [0.05, 0.1) is 42.1 Å². The summed E-state index contributed by atoms with van der Waals surface area (Å²) in [6.45, 7) is 15.8. The molecule has 1 unspecified atom stereocenters. The van der Waals surface area contributed by atoms with Crippen LogP contribution in [0.2, 0.25) is 25.7 Å². The van der Waals surface area contributed by atoms with Gasteiger partial charge in [0.2, 0.25) is 5.91 Å². The molecule has 3 aromatic heterocycles. The molecule has 1 amide bonds. The van der Waals surface area contributed by atoms with Gasteiger partial charge in [-0.1, -0.05) is 19.6 Å². The zero-order valence-electron chi connectivity index (χ0n) is 26.0. The predicted octanol–water partition coefficient (Wildman–Crippen LogP) is 5.77. The van der Waals surface area contributed by atoms with E-state index in [1.807, 2.05) is 39.8 Å². The van der Waals surface area contributed by atoms with Gasteiger partial charge in [-0.3, -0.25) is 9.78 Å². The summed E-state index contributed by atoms with van der Waals surface area (Å²) in [4.78, 5) is 22.8. The third-order valence-corrected chi connectivity index (χ3v) is 9.32. The van der Waals surface area contributed by atoms with Crippen LogP contribution in [0, 0.1) is 11.2 Å². The smallest absolute Gasteiger partial charge is 0.231 e. The Hall–Kier alpha value is -3.45. The fourth-order valence-electron chi connectivity index (χ4n) is 4.68. The minimum atomic E-state index is -1.22. The van der Waals surface area contributed by atoms with E-state index in [-0.39, 0.29) is 31.7 Å². The molecule has 1 saturated heterocycles. The summed E-state index contributed by atoms with van der Waals surface area (Å²) in [5, 5.41) is 11.7. The number of nitrogens with zero attached hydrogens (tertiary/aromatic N) is 4. The number of hydrogen-bond acceptors (Lipinski definition) is 8. The molecule has 2 N–H and O–H groups in total. The second-order valence-electron chi connectivity index (χ2n) is 13.2. The number of hydrogen-bond donors (Lipinski definition) is 2. The van der Waals surface area contributed by atoms with Crippen molar-refractivity contribution in [1.82, 2.24) is 24.9 Å². The van der Waals surface area contributed by atoms with Crippen LogP contribution >= 0.6 is 0 Å². The van der Waals surface area contributed by atoms with E-state index < -0.39 is 25.3 Å². The number of nitrogens with one attached hydrogen (secondary N) is 2. The number of rotatable bonds is 10. The van der Waals surface area contributed by atoms with Gasteiger partial charge >= 0.3 is 0 Å². The number of fused-ring (bicyclic) bond motifs is 2. The first kappa shape index (κ1) is 31.0. The molecule has 0 spiro atoms. The first-order valence-corrected chi connectivity index (χ1v) is 18.3. The number of anilines is 1. The Bertz CT molecular complexity index is 1630. The quantitative estimate of drug-likeness (QED) is 0.133. The number of carbonyl (C=O) groups excluding carboxylic acids is 1. The summed E-state index contributed by atoms with van der Waals surface area (Å²) in [6, 6.07) is 8.86. The highest BCUT2D eigenvalue weighted by Gasteiger charge is 2.42. The second-order valence-corrected chi connectivity index (χ2v) is 18.8. The molecule has 230 valence electrons. The molecule has 1 aliphatic heterocycles. The van der Waals surface area contributed by atoms with Crippen LogP contribution in [0.15, 0.2) is 42.7 Å². The van der Waals surface area contributed by atoms with E-state index in [9.17, 15) is 9.18 Å². The van der Waals surface area contributed by atoms with Gasteiger partial charge in [-0.15, -0.1) is 0 Å². The fourth-order valence-corrected chi connectivity index (χ4v) is 5.44. The molecule has 0 aliphatic carbocycles. The highest BCUT2D eigenvalue weighted by Crippen LogP contribution is 2.32. The van der Waals surface area contributed by atoms with Crippen LogP contribution in [0.25, 0.3) is 27.7 Å². The van der Waals surface area contributed by atoms with Crippen molar-refractivity contribution in [2.45, 2.75) is 65.2 Å². The van der Waals surface area contributed by atoms with Crippen molar-refractivity contribution in [3.63, 3.8) is 0 Å². The van der Waals surface area contributed by atoms with Crippen molar-refractivity contribution in [2.75, 3.05) is 31.9 Å². The monoisotopic (exact) mass is 608 g/mol. The van der Waals surface area contributed by atoms with Gasteiger partial charge in [-0.2, -0.15) is 9.61 Å². The van der Waals surface area contributed by atoms with Gasteiger partial charge in [0.15, 0.2) is 11.4 Å². The van der Waals surface area contributed by atoms with E-state index >= 15 is 0 Å². The van der Waals surface area contributed by atoms with Crippen molar-refractivity contribution >= 4 is 36.3 Å². The van der Waals surface area contributed by atoms with Gasteiger partial charge < -0.3 is 24.8 Å². The lowest BCUT2D eigenvalue weighted by molar-refractivity contribution is -0.277. The first-order chi connectivity index (χ1) is 20.2. The average molecular weight is 609 g/mol. The highest BCUT2D eigenvalue weighted by molar-refractivity contribution is 6.76. The zero-order chi connectivity index (χ0) is 31.0. The van der Waals surface area contributed by atoms with E-state index in [2.05, 4.69) is 40.4 Å². The third kappa shape index (κ3) is 7.20. The van der Waals surface area contributed by atoms with Crippen molar-refractivity contribution in [3.8, 4) is 11.1 Å². The molecule has 43 heavy (non-hydrogen) atoms. The molecule has 10 nitrogen and oxygen atoms in total. The molecule has 0 bridgehead atoms. The standard InChI is InChI=1S/C31H41FN6O4Si/c1-20(36-29(39)31(4)17-41-30(2,3)42-18-31)26-14-27(34-19-40-10-11-43(5,6)7)38-28(37-26)24(16-35-38)22-12-21-13-23(32)8-9-25(21)33-15-22/h8-9,12-16,20,34H,10-11,17-19H2,1-7H3,(H,36,39). The summed E-state index contributed by atoms with van der Waals surface area (Å²) in [5.41, 5.74) is 2.53. The molecular weight excluding hydrogens is 567 g/mol. The van der Waals surface area contributed by atoms with Crippen LogP contribution in [0.5, 0.6) is 0 Å². The lowest BCUT2D eigenvalue weighted by Gasteiger charge is -2.40. The summed E-state index contributed by atoms with van der Waals surface area (Å²) in [5.74, 6) is -0.575. The topological polar surface area (TPSA) is 112 Å². The third-order valence-electron chi connectivity index (χ3n) is 7.61. The van der Waals surface area contributed by atoms with Crippen molar-refractivity contribution < 1.29 is 23.4 Å². The molecule has 5 rings (SSSR count). The van der Waals surface area contributed by atoms with Crippen LogP contribution in [-0.4, -0.2) is 65.9 Å². The molecule has 4 heterocycles. The Morgan fingerprint density at radius 2 is 1.88 bits per heavy atom. The summed E-state index contributed by atoms with van der Waals surface area (Å²) >= 11 is 0. The van der Waals surface area contributed by atoms with Gasteiger partial charge in [0.1, 0.15) is 18.4 Å². The van der Waals surface area contributed by atoms with Gasteiger partial charge in [-0.25, -0.2) is 9.37 Å². The van der Waals surface area contributed by atoms with E-state index in [0.29, 0.717) is 34.7 Å². The second kappa shape index (κ2) is 11.9. The lowest BCUT2D eigenvalue weighted by Crippen LogP contribution is -2.53. The van der Waals surface area contributed by atoms with Crippen LogP contribution in [0.3, 0.4) is 0 Å². The van der Waals surface area contributed by atoms with Crippen molar-refractivity contribution in [1.29, 1.82) is 0 Å². The van der Waals surface area contributed by atoms with Crippen molar-refractivity contribution in [2.24, 2.45) is 5.41 Å². The number of halogens is 1. The van der Waals surface area contributed by atoms with Crippen LogP contribution in [0.1, 0.15) is 39.4 Å². The largest absolute Gasteiger partial charge is 0.362 e. The molecule has 12 heteroatoms. The SMILES string of the molecule is CC(NC(=O)C1(C)COC(C)(C)OC1)c1cc(NCOCC[Si](C)(C)C)n2ncc(-c3cnc4ccc(F)cc4c3)c2n1. The maximum atomic E-state index is 14.0. The summed E-state index contributed by atoms with van der Waals surface area (Å²) < 4.78 is 33.2. The number of ether oxygens (including phenoxy) is 3. The molecule has 4 aromatic rings. The fraction of sp³-hybridized carbons (Fsp3) is 0.484. The Morgan fingerprint density at radius 3 is 2.60 bits per heavy atom. The molecule has 1 atom stereocenters. The molecular formula is C31H41FN6O4Si. The highest BCUT2D eigenvalue weighted by atomic mass is 28.3. The number of carbonyl (C=O) groups is 1. The zero-order valence-corrected chi connectivity index (χ0v) is 27.0. The van der Waals surface area contributed by atoms with E-state index in [1.54, 1.807) is 23.0 Å². The van der Waals surface area contributed by atoms with E-state index in [0.717, 1.165) is 17.2 Å². The number of pyridine rings is 1. The predicted molar refractivity (Wildman–Crippen MR) is 167 cm³/mol. The number of aromatic nitrogens is 4. The van der Waals surface area contributed by atoms with E-state index in [1.165, 1.54) is 12.1 Å². The molecule has 0 radical (unpaired) electrons. The lowest BCUT2D eigenvalue weighted by atomic mass is 9.90. The Kier molecular flexibility index (Phi) is 8.58. The summed E-state index contributed by atoms with van der Waals surface area (Å²) in [7, 11) is -1.22. The van der Waals surface area contributed by atoms with Gasteiger partial charge in [0.25, 0.3) is 0 Å². The maximum Gasteiger partial charge on any atom is 0.231 e. The molecule has 1 aliphatic rings. The van der Waals surface area contributed by atoms with Crippen LogP contribution in [0.4, 0.5) is 10.2 Å². The normalized spacial score (nSPS) is 17.2. The average Bonchev–Trinajstić information content (AvgIpc) is 3.37. The first-order valence-electron chi connectivity index (χ1n) is 14.6. The maximum absolute atomic E-state index is 14.0. The van der Waals surface area contributed by atoms with Crippen LogP contribution in [-0.2, 0) is 19.0 Å². The number of amides is 1. The molecule has 0 saturated carbocycles. The molecule has 1 fully saturated rings. The van der Waals surface area contributed by atoms with Gasteiger partial charge in [0, 0.05) is 43.5 Å². The number of benzene rings is 1.